The van der Waals surface area contributed by atoms with Crippen molar-refractivity contribution < 1.29 is 28.5 Å². The van der Waals surface area contributed by atoms with Crippen molar-refractivity contribution in [2.24, 2.45) is 4.99 Å². The maximum atomic E-state index is 12.7. The number of hydrogen-bond donors (Lipinski definition) is 1. The molecule has 0 atom stereocenters. The molecule has 0 saturated heterocycles. The van der Waals surface area contributed by atoms with E-state index in [2.05, 4.69) is 39.1 Å². The van der Waals surface area contributed by atoms with E-state index in [1.54, 1.807) is 18.2 Å². The number of hydrogen-bond acceptors (Lipinski definition) is 8. The minimum atomic E-state index is -0.436. The van der Waals surface area contributed by atoms with Gasteiger partial charge in [-0.3, -0.25) is 4.99 Å². The molecule has 3 aromatic carbocycles. The number of carbonyl (C=O) groups is 2. The van der Waals surface area contributed by atoms with Crippen molar-refractivity contribution >= 4 is 23.3 Å². The summed E-state index contributed by atoms with van der Waals surface area (Å²) in [4.78, 5) is 29.8. The summed E-state index contributed by atoms with van der Waals surface area (Å²) >= 11 is 0. The Morgan fingerprint density at radius 1 is 0.952 bits per heavy atom. The lowest BCUT2D eigenvalue weighted by atomic mass is 9.80. The molecule has 2 aliphatic rings. The van der Waals surface area contributed by atoms with E-state index in [1.165, 1.54) is 19.8 Å². The number of carbonyl (C=O) groups excluding carboxylic acids is 2. The zero-order valence-corrected chi connectivity index (χ0v) is 25.3. The van der Waals surface area contributed by atoms with Crippen LogP contribution in [0.2, 0.25) is 0 Å². The smallest absolute Gasteiger partial charge is 0.339 e. The lowest BCUT2D eigenvalue weighted by molar-refractivity contribution is 0.0592. The fourth-order valence-corrected chi connectivity index (χ4v) is 5.74. The van der Waals surface area contributed by atoms with Crippen molar-refractivity contribution in [3.05, 3.63) is 87.5 Å². The number of nitrogens with one attached hydrogen (secondary N) is 1. The summed E-state index contributed by atoms with van der Waals surface area (Å²) in [5.41, 5.74) is 6.85. The van der Waals surface area contributed by atoms with Crippen molar-refractivity contribution in [1.29, 1.82) is 0 Å². The van der Waals surface area contributed by atoms with Crippen LogP contribution in [0, 0.1) is 0 Å². The molecule has 0 bridgehead atoms. The summed E-state index contributed by atoms with van der Waals surface area (Å²) in [6.07, 6.45) is 1.50. The first-order valence-corrected chi connectivity index (χ1v) is 14.2. The van der Waals surface area contributed by atoms with Gasteiger partial charge >= 0.3 is 11.9 Å². The van der Waals surface area contributed by atoms with E-state index in [9.17, 15) is 9.59 Å². The van der Waals surface area contributed by atoms with Gasteiger partial charge in [0.25, 0.3) is 0 Å². The summed E-state index contributed by atoms with van der Waals surface area (Å²) in [7, 11) is 2.73. The van der Waals surface area contributed by atoms with Gasteiger partial charge in [-0.05, 0) is 82.5 Å². The molecule has 0 spiro atoms. The zero-order chi connectivity index (χ0) is 30.2. The maximum absolute atomic E-state index is 12.7. The highest BCUT2D eigenvalue weighted by molar-refractivity contribution is 6.17. The molecule has 2 aliphatic heterocycles. The third-order valence-electron chi connectivity index (χ3n) is 7.54. The molecule has 3 aromatic rings. The van der Waals surface area contributed by atoms with Gasteiger partial charge in [0.05, 0.1) is 43.2 Å². The molecular weight excluding hydrogens is 532 g/mol. The molecule has 0 aromatic heterocycles. The average Bonchev–Trinajstić information content (AvgIpc) is 3.29. The molecular formula is C34H38N2O6. The van der Waals surface area contributed by atoms with Crippen LogP contribution in [-0.2, 0) is 28.9 Å². The maximum Gasteiger partial charge on any atom is 0.339 e. The van der Waals surface area contributed by atoms with Gasteiger partial charge in [0.15, 0.2) is 11.5 Å². The first-order valence-electron chi connectivity index (χ1n) is 14.2. The fraction of sp³-hybridized carbons (Fsp3) is 0.382. The Kier molecular flexibility index (Phi) is 7.75. The molecule has 0 aliphatic carbocycles. The van der Waals surface area contributed by atoms with Crippen molar-refractivity contribution in [2.75, 3.05) is 26.1 Å². The van der Waals surface area contributed by atoms with E-state index in [-0.39, 0.29) is 17.1 Å². The van der Waals surface area contributed by atoms with E-state index < -0.39 is 5.97 Å². The van der Waals surface area contributed by atoms with Crippen LogP contribution in [0.5, 0.6) is 11.5 Å². The molecule has 0 radical (unpaired) electrons. The normalized spacial score (nSPS) is 15.9. The summed E-state index contributed by atoms with van der Waals surface area (Å²) in [5.74, 6) is 0.734. The van der Waals surface area contributed by atoms with Crippen LogP contribution in [0.4, 0.5) is 5.69 Å². The average molecular weight is 571 g/mol. The largest absolute Gasteiger partial charge is 0.490 e. The van der Waals surface area contributed by atoms with Gasteiger partial charge in [0.1, 0.15) is 5.60 Å². The number of methoxy groups -OCH3 is 2. The molecule has 1 N–H and O–H groups in total. The van der Waals surface area contributed by atoms with Gasteiger partial charge in [-0.25, -0.2) is 9.59 Å². The number of esters is 2. The van der Waals surface area contributed by atoms with E-state index in [0.29, 0.717) is 30.0 Å². The number of rotatable bonds is 8. The molecule has 8 nitrogen and oxygen atoms in total. The highest BCUT2D eigenvalue weighted by Crippen LogP contribution is 2.48. The van der Waals surface area contributed by atoms with Crippen LogP contribution in [-0.4, -0.2) is 49.6 Å². The van der Waals surface area contributed by atoms with Crippen molar-refractivity contribution in [3.63, 3.8) is 0 Å². The van der Waals surface area contributed by atoms with Crippen LogP contribution < -0.4 is 14.8 Å². The Bertz CT molecular complexity index is 1570. The molecule has 0 saturated carbocycles. The number of benzene rings is 3. The molecule has 220 valence electrons. The minimum Gasteiger partial charge on any atom is -0.490 e. The topological polar surface area (TPSA) is 95.5 Å². The van der Waals surface area contributed by atoms with Crippen LogP contribution in [0.15, 0.2) is 53.5 Å². The Hall–Kier alpha value is -4.33. The van der Waals surface area contributed by atoms with E-state index >= 15 is 0 Å². The SMILES string of the molecule is CCOc1cc2c(c3c1OC(C)(C)C3)C(c1ccc(C(=O)OC)c(NCc3ccc(C(=O)OC)cc3)c1)=NC(C)(C)C2. The van der Waals surface area contributed by atoms with Crippen molar-refractivity contribution in [1.82, 2.24) is 0 Å². The van der Waals surface area contributed by atoms with E-state index in [4.69, 9.17) is 23.9 Å². The Morgan fingerprint density at radius 3 is 2.33 bits per heavy atom. The van der Waals surface area contributed by atoms with E-state index in [1.807, 2.05) is 31.2 Å². The molecule has 0 unspecified atom stereocenters. The second kappa shape index (κ2) is 11.2. The number of nitrogens with zero attached hydrogens (tertiary/aromatic N) is 1. The molecule has 5 rings (SSSR count). The van der Waals surface area contributed by atoms with Gasteiger partial charge in [-0.2, -0.15) is 0 Å². The second-order valence-corrected chi connectivity index (χ2v) is 11.9. The third kappa shape index (κ3) is 5.71. The standard InChI is InChI=1S/C34H38N2O6/c1-8-41-27-16-23-17-33(2,3)36-29(28(23)25-18-34(4,5)42-30(25)27)22-13-14-24(32(38)40-7)26(15-22)35-19-20-9-11-21(12-10-20)31(37)39-6/h9-16,35H,8,17-19H2,1-7H3. The highest BCUT2D eigenvalue weighted by atomic mass is 16.5. The Labute approximate surface area is 247 Å². The van der Waals surface area contributed by atoms with Gasteiger partial charge in [0, 0.05) is 35.3 Å². The van der Waals surface area contributed by atoms with Crippen LogP contribution in [0.25, 0.3) is 0 Å². The van der Waals surface area contributed by atoms with E-state index in [0.717, 1.165) is 52.3 Å². The zero-order valence-electron chi connectivity index (χ0n) is 25.3. The van der Waals surface area contributed by atoms with Gasteiger partial charge in [-0.1, -0.05) is 18.2 Å². The Balaban J connectivity index is 1.57. The predicted molar refractivity (Wildman–Crippen MR) is 162 cm³/mol. The van der Waals surface area contributed by atoms with Crippen LogP contribution in [0.3, 0.4) is 0 Å². The first kappa shape index (κ1) is 29.2. The third-order valence-corrected chi connectivity index (χ3v) is 7.54. The summed E-state index contributed by atoms with van der Waals surface area (Å²) in [6.45, 7) is 11.4. The fourth-order valence-electron chi connectivity index (χ4n) is 5.74. The highest BCUT2D eigenvalue weighted by Gasteiger charge is 2.40. The van der Waals surface area contributed by atoms with Gasteiger partial charge < -0.3 is 24.3 Å². The minimum absolute atomic E-state index is 0.342. The molecule has 2 heterocycles. The lowest BCUT2D eigenvalue weighted by Gasteiger charge is -2.31. The second-order valence-electron chi connectivity index (χ2n) is 11.9. The van der Waals surface area contributed by atoms with Gasteiger partial charge in [0.2, 0.25) is 0 Å². The first-order chi connectivity index (χ1) is 19.9. The lowest BCUT2D eigenvalue weighted by Crippen LogP contribution is -2.30. The summed E-state index contributed by atoms with van der Waals surface area (Å²) < 4.78 is 22.3. The summed E-state index contributed by atoms with van der Waals surface area (Å²) in [5, 5.41) is 3.41. The number of anilines is 1. The number of ether oxygens (including phenoxy) is 4. The van der Waals surface area contributed by atoms with Crippen molar-refractivity contribution in [2.45, 2.75) is 65.1 Å². The molecule has 0 fully saturated rings. The monoisotopic (exact) mass is 570 g/mol. The molecule has 0 amide bonds. The van der Waals surface area contributed by atoms with Crippen molar-refractivity contribution in [3.8, 4) is 11.5 Å². The molecule has 42 heavy (non-hydrogen) atoms. The number of aliphatic imine (C=N–C) groups is 1. The predicted octanol–water partition coefficient (Wildman–Crippen LogP) is 6.16. The van der Waals surface area contributed by atoms with Crippen LogP contribution >= 0.6 is 0 Å². The quantitative estimate of drug-likeness (QED) is 0.324. The van der Waals surface area contributed by atoms with Crippen LogP contribution in [0.1, 0.15) is 83.2 Å². The number of fused-ring (bicyclic) bond motifs is 3. The molecule has 8 heteroatoms. The Morgan fingerprint density at radius 2 is 1.67 bits per heavy atom. The summed E-state index contributed by atoms with van der Waals surface area (Å²) in [6, 6.07) is 14.9. The van der Waals surface area contributed by atoms with Gasteiger partial charge in [-0.15, -0.1) is 0 Å².